The van der Waals surface area contributed by atoms with Crippen molar-refractivity contribution < 1.29 is 9.59 Å². The second-order valence-corrected chi connectivity index (χ2v) is 9.11. The highest BCUT2D eigenvalue weighted by atomic mass is 32.1. The molecular weight excluding hydrogens is 370 g/mol. The number of benzene rings is 1. The number of carbonyl (C=O) groups excluding carboxylic acids is 2. The molecule has 2 aliphatic heterocycles. The van der Waals surface area contributed by atoms with Crippen LogP contribution in [-0.2, 0) is 9.59 Å². The average Bonchev–Trinajstić information content (AvgIpc) is 3.18. The fraction of sp³-hybridized carbons (Fsp3) is 0.591. The Bertz CT molecular complexity index is 808. The van der Waals surface area contributed by atoms with Gasteiger partial charge in [-0.2, -0.15) is 0 Å². The summed E-state index contributed by atoms with van der Waals surface area (Å²) in [6.07, 6.45) is 5.27. The zero-order valence-electron chi connectivity index (χ0n) is 16.6. The van der Waals surface area contributed by atoms with Crippen molar-refractivity contribution in [2.75, 3.05) is 26.2 Å². The Morgan fingerprint density at radius 1 is 1.11 bits per heavy atom. The molecule has 2 aliphatic rings. The molecule has 0 bridgehead atoms. The molecule has 0 radical (unpaired) electrons. The van der Waals surface area contributed by atoms with Gasteiger partial charge in [0.2, 0.25) is 11.8 Å². The largest absolute Gasteiger partial charge is 0.342 e. The summed E-state index contributed by atoms with van der Waals surface area (Å²) in [5.41, 5.74) is 1.08. The molecular formula is C22H29N3O2S. The molecule has 2 saturated heterocycles. The maximum atomic E-state index is 13.0. The number of aromatic nitrogens is 1. The lowest BCUT2D eigenvalue weighted by atomic mass is 9.93. The Morgan fingerprint density at radius 3 is 2.64 bits per heavy atom. The van der Waals surface area contributed by atoms with Gasteiger partial charge in [0.15, 0.2) is 0 Å². The van der Waals surface area contributed by atoms with Crippen LogP contribution < -0.4 is 0 Å². The topological polar surface area (TPSA) is 53.5 Å². The molecule has 0 spiro atoms. The van der Waals surface area contributed by atoms with E-state index in [9.17, 15) is 9.59 Å². The number of amides is 2. The number of hydrogen-bond acceptors (Lipinski definition) is 4. The molecule has 1 atom stereocenters. The lowest BCUT2D eigenvalue weighted by Crippen LogP contribution is -2.48. The highest BCUT2D eigenvalue weighted by Gasteiger charge is 2.33. The van der Waals surface area contributed by atoms with Crippen molar-refractivity contribution >= 4 is 33.4 Å². The number of para-hydroxylation sites is 1. The van der Waals surface area contributed by atoms with Crippen LogP contribution in [0.15, 0.2) is 24.3 Å². The molecule has 1 aromatic heterocycles. The van der Waals surface area contributed by atoms with Crippen molar-refractivity contribution in [3.8, 4) is 0 Å². The minimum Gasteiger partial charge on any atom is -0.342 e. The summed E-state index contributed by atoms with van der Waals surface area (Å²) in [4.78, 5) is 34.0. The van der Waals surface area contributed by atoms with Gasteiger partial charge in [-0.3, -0.25) is 9.59 Å². The summed E-state index contributed by atoms with van der Waals surface area (Å²) >= 11 is 1.79. The molecule has 2 amide bonds. The van der Waals surface area contributed by atoms with E-state index >= 15 is 0 Å². The Balaban J connectivity index is 1.34. The predicted molar refractivity (Wildman–Crippen MR) is 112 cm³/mol. The van der Waals surface area contributed by atoms with E-state index in [0.717, 1.165) is 57.3 Å². The van der Waals surface area contributed by atoms with Crippen LogP contribution in [0.3, 0.4) is 0 Å². The zero-order valence-corrected chi connectivity index (χ0v) is 17.4. The van der Waals surface area contributed by atoms with E-state index in [4.69, 9.17) is 4.98 Å². The van der Waals surface area contributed by atoms with Crippen LogP contribution in [0, 0.1) is 5.92 Å². The van der Waals surface area contributed by atoms with Crippen LogP contribution in [0.4, 0.5) is 0 Å². The molecule has 4 rings (SSSR count). The number of piperidine rings is 2. The SMILES string of the molecule is CCCC(=O)N1CCCC(C(=O)N2CCC(c3nc4ccccc4s3)CC2)C1. The van der Waals surface area contributed by atoms with E-state index in [1.165, 1.54) is 9.71 Å². The lowest BCUT2D eigenvalue weighted by Gasteiger charge is -2.37. The predicted octanol–water partition coefficient (Wildman–Crippen LogP) is 4.04. The zero-order chi connectivity index (χ0) is 19.5. The van der Waals surface area contributed by atoms with Crippen LogP contribution in [0.1, 0.15) is 56.4 Å². The van der Waals surface area contributed by atoms with Crippen LogP contribution in [0.25, 0.3) is 10.2 Å². The second kappa shape index (κ2) is 8.60. The summed E-state index contributed by atoms with van der Waals surface area (Å²) in [5.74, 6) is 0.885. The number of nitrogens with zero attached hydrogens (tertiary/aromatic N) is 3. The Hall–Kier alpha value is -1.95. The number of carbonyl (C=O) groups is 2. The van der Waals surface area contributed by atoms with Gasteiger partial charge < -0.3 is 9.80 Å². The van der Waals surface area contributed by atoms with E-state index in [2.05, 4.69) is 18.2 Å². The third-order valence-electron chi connectivity index (χ3n) is 6.05. The maximum Gasteiger partial charge on any atom is 0.227 e. The van der Waals surface area contributed by atoms with E-state index in [1.807, 2.05) is 22.8 Å². The van der Waals surface area contributed by atoms with E-state index in [1.54, 1.807) is 11.3 Å². The minimum atomic E-state index is -0.0199. The summed E-state index contributed by atoms with van der Waals surface area (Å²) in [5, 5.41) is 1.21. The fourth-order valence-electron chi connectivity index (χ4n) is 4.45. The van der Waals surface area contributed by atoms with Crippen molar-refractivity contribution in [1.29, 1.82) is 0 Å². The van der Waals surface area contributed by atoms with E-state index < -0.39 is 0 Å². The smallest absolute Gasteiger partial charge is 0.227 e. The summed E-state index contributed by atoms with van der Waals surface area (Å²) < 4.78 is 1.25. The molecule has 2 aromatic rings. The number of hydrogen-bond donors (Lipinski definition) is 0. The second-order valence-electron chi connectivity index (χ2n) is 8.05. The first kappa shape index (κ1) is 19.4. The monoisotopic (exact) mass is 399 g/mol. The standard InChI is InChI=1S/C22H29N3O2S/c1-2-6-20(26)25-12-5-7-17(15-25)22(27)24-13-10-16(11-14-24)21-23-18-8-3-4-9-19(18)28-21/h3-4,8-9,16-17H,2,5-7,10-15H2,1H3. The van der Waals surface area contributed by atoms with Gasteiger partial charge in [-0.25, -0.2) is 4.98 Å². The average molecular weight is 400 g/mol. The van der Waals surface area contributed by atoms with Crippen molar-refractivity contribution in [2.24, 2.45) is 5.92 Å². The van der Waals surface area contributed by atoms with Crippen LogP contribution in [0.2, 0.25) is 0 Å². The molecule has 28 heavy (non-hydrogen) atoms. The van der Waals surface area contributed by atoms with Crippen molar-refractivity contribution in [3.05, 3.63) is 29.3 Å². The number of thiazole rings is 1. The van der Waals surface area contributed by atoms with Crippen molar-refractivity contribution in [2.45, 2.75) is 51.4 Å². The number of rotatable bonds is 4. The van der Waals surface area contributed by atoms with Crippen LogP contribution in [-0.4, -0.2) is 52.8 Å². The molecule has 0 saturated carbocycles. The molecule has 150 valence electrons. The third kappa shape index (κ3) is 4.07. The Labute approximate surface area is 170 Å². The first-order valence-electron chi connectivity index (χ1n) is 10.6. The number of likely N-dealkylation sites (tertiary alicyclic amines) is 2. The molecule has 0 N–H and O–H groups in total. The normalized spacial score (nSPS) is 21.2. The van der Waals surface area contributed by atoms with Gasteiger partial charge in [-0.05, 0) is 44.2 Å². The molecule has 2 fully saturated rings. The highest BCUT2D eigenvalue weighted by Crippen LogP contribution is 2.34. The van der Waals surface area contributed by atoms with Gasteiger partial charge >= 0.3 is 0 Å². The fourth-order valence-corrected chi connectivity index (χ4v) is 5.58. The maximum absolute atomic E-state index is 13.0. The van der Waals surface area contributed by atoms with Gasteiger partial charge in [0.25, 0.3) is 0 Å². The van der Waals surface area contributed by atoms with Crippen molar-refractivity contribution in [3.63, 3.8) is 0 Å². The van der Waals surface area contributed by atoms with Gasteiger partial charge in [-0.15, -0.1) is 11.3 Å². The molecule has 1 aromatic carbocycles. The van der Waals surface area contributed by atoms with Gasteiger partial charge in [0.1, 0.15) is 0 Å². The Kier molecular flexibility index (Phi) is 5.95. The Morgan fingerprint density at radius 2 is 1.89 bits per heavy atom. The lowest BCUT2D eigenvalue weighted by molar-refractivity contribution is -0.141. The molecule has 5 nitrogen and oxygen atoms in total. The molecule has 1 unspecified atom stereocenters. The third-order valence-corrected chi connectivity index (χ3v) is 7.25. The van der Waals surface area contributed by atoms with Crippen LogP contribution in [0.5, 0.6) is 0 Å². The summed E-state index contributed by atoms with van der Waals surface area (Å²) in [7, 11) is 0. The molecule has 3 heterocycles. The number of fused-ring (bicyclic) bond motifs is 1. The van der Waals surface area contributed by atoms with Gasteiger partial charge in [0, 0.05) is 38.5 Å². The van der Waals surface area contributed by atoms with Gasteiger partial charge in [-0.1, -0.05) is 19.1 Å². The molecule has 0 aliphatic carbocycles. The first-order valence-corrected chi connectivity index (χ1v) is 11.4. The first-order chi connectivity index (χ1) is 13.7. The van der Waals surface area contributed by atoms with Crippen LogP contribution >= 0.6 is 11.3 Å². The van der Waals surface area contributed by atoms with E-state index in [-0.39, 0.29) is 17.7 Å². The van der Waals surface area contributed by atoms with E-state index in [0.29, 0.717) is 18.9 Å². The minimum absolute atomic E-state index is 0.0199. The summed E-state index contributed by atoms with van der Waals surface area (Å²) in [6.45, 7) is 5.05. The molecule has 6 heteroatoms. The quantitative estimate of drug-likeness (QED) is 0.780. The highest BCUT2D eigenvalue weighted by molar-refractivity contribution is 7.18. The van der Waals surface area contributed by atoms with Crippen molar-refractivity contribution in [1.82, 2.24) is 14.8 Å². The van der Waals surface area contributed by atoms with Gasteiger partial charge in [0.05, 0.1) is 21.1 Å². The summed E-state index contributed by atoms with van der Waals surface area (Å²) in [6, 6.07) is 8.29.